The highest BCUT2D eigenvalue weighted by atomic mass is 79.9. The monoisotopic (exact) mass is 481 g/mol. The zero-order valence-electron chi connectivity index (χ0n) is 16.3. The molecule has 2 N–H and O–H groups in total. The highest BCUT2D eigenvalue weighted by Crippen LogP contribution is 2.18. The first-order chi connectivity index (χ1) is 14.5. The third kappa shape index (κ3) is 5.52. The van der Waals surface area contributed by atoms with Gasteiger partial charge in [-0.05, 0) is 73.7 Å². The third-order valence-corrected chi connectivity index (χ3v) is 5.03. The molecule has 0 aromatic heterocycles. The van der Waals surface area contributed by atoms with E-state index in [0.717, 1.165) is 10.2 Å². The Balaban J connectivity index is 1.63. The standard InChI is InChI=1S/C23H20BrN3O2S/c1-2-27(20-9-4-3-5-10-20)22(29)16-11-13-19(14-12-16)25-23(30)26-21(28)17-7-6-8-18(24)15-17/h3-15H,2H2,1H3,(H2,25,26,28,30). The molecule has 0 unspecified atom stereocenters. The van der Waals surface area contributed by atoms with Crippen molar-refractivity contribution < 1.29 is 9.59 Å². The molecule has 3 aromatic carbocycles. The first-order valence-electron chi connectivity index (χ1n) is 9.33. The minimum Gasteiger partial charge on any atom is -0.332 e. The van der Waals surface area contributed by atoms with Gasteiger partial charge in [0.15, 0.2) is 5.11 Å². The average molecular weight is 482 g/mol. The molecule has 0 aliphatic heterocycles. The molecule has 7 heteroatoms. The highest BCUT2D eigenvalue weighted by Gasteiger charge is 2.16. The molecule has 0 atom stereocenters. The first kappa shape index (κ1) is 21.7. The molecular formula is C23H20BrN3O2S. The van der Waals surface area contributed by atoms with Gasteiger partial charge >= 0.3 is 0 Å². The summed E-state index contributed by atoms with van der Waals surface area (Å²) in [5.74, 6) is -0.386. The Bertz CT molecular complexity index is 1060. The second-order valence-electron chi connectivity index (χ2n) is 6.38. The van der Waals surface area contributed by atoms with Gasteiger partial charge in [-0.15, -0.1) is 0 Å². The van der Waals surface area contributed by atoms with E-state index in [1.165, 1.54) is 0 Å². The average Bonchev–Trinajstić information content (AvgIpc) is 2.75. The van der Waals surface area contributed by atoms with Crippen molar-refractivity contribution in [2.24, 2.45) is 0 Å². The van der Waals surface area contributed by atoms with E-state index in [9.17, 15) is 9.59 Å². The number of nitrogens with zero attached hydrogens (tertiary/aromatic N) is 1. The van der Waals surface area contributed by atoms with Crippen LogP contribution < -0.4 is 15.5 Å². The van der Waals surface area contributed by atoms with Crippen LogP contribution in [0.5, 0.6) is 0 Å². The quantitative estimate of drug-likeness (QED) is 0.489. The zero-order chi connectivity index (χ0) is 21.5. The Kier molecular flexibility index (Phi) is 7.32. The maximum absolute atomic E-state index is 12.9. The Labute approximate surface area is 189 Å². The van der Waals surface area contributed by atoms with Gasteiger partial charge in [0, 0.05) is 33.5 Å². The molecule has 5 nitrogen and oxygen atoms in total. The lowest BCUT2D eigenvalue weighted by molar-refractivity contribution is 0.0973. The van der Waals surface area contributed by atoms with Crippen LogP contribution in [0.4, 0.5) is 11.4 Å². The lowest BCUT2D eigenvalue weighted by atomic mass is 10.1. The molecule has 0 radical (unpaired) electrons. The van der Waals surface area contributed by atoms with Crippen LogP contribution in [0.15, 0.2) is 83.3 Å². The summed E-state index contributed by atoms with van der Waals surface area (Å²) in [7, 11) is 0. The van der Waals surface area contributed by atoms with Crippen LogP contribution in [-0.2, 0) is 0 Å². The van der Waals surface area contributed by atoms with Crippen molar-refractivity contribution in [1.29, 1.82) is 0 Å². The molecule has 0 saturated carbocycles. The largest absolute Gasteiger partial charge is 0.332 e. The van der Waals surface area contributed by atoms with Crippen LogP contribution in [0.2, 0.25) is 0 Å². The van der Waals surface area contributed by atoms with Crippen LogP contribution >= 0.6 is 28.1 Å². The van der Waals surface area contributed by atoms with Crippen molar-refractivity contribution in [2.45, 2.75) is 6.92 Å². The number of benzene rings is 3. The van der Waals surface area contributed by atoms with Gasteiger partial charge in [-0.3, -0.25) is 14.9 Å². The van der Waals surface area contributed by atoms with Gasteiger partial charge in [0.25, 0.3) is 11.8 Å². The number of para-hydroxylation sites is 1. The van der Waals surface area contributed by atoms with Gasteiger partial charge in [-0.2, -0.15) is 0 Å². The maximum atomic E-state index is 12.9. The minimum absolute atomic E-state index is 0.0826. The van der Waals surface area contributed by atoms with Gasteiger partial charge in [0.1, 0.15) is 0 Å². The molecule has 3 rings (SSSR count). The number of carbonyl (C=O) groups is 2. The normalized spacial score (nSPS) is 10.2. The number of carbonyl (C=O) groups excluding carboxylic acids is 2. The smallest absolute Gasteiger partial charge is 0.258 e. The summed E-state index contributed by atoms with van der Waals surface area (Å²) in [6, 6.07) is 23.5. The van der Waals surface area contributed by atoms with Crippen LogP contribution in [0.25, 0.3) is 0 Å². The van der Waals surface area contributed by atoms with E-state index in [-0.39, 0.29) is 16.9 Å². The van der Waals surface area contributed by atoms with Gasteiger partial charge in [-0.1, -0.05) is 40.2 Å². The summed E-state index contributed by atoms with van der Waals surface area (Å²) in [5, 5.41) is 5.78. The van der Waals surface area contributed by atoms with Gasteiger partial charge < -0.3 is 10.2 Å². The minimum atomic E-state index is -0.304. The van der Waals surface area contributed by atoms with Crippen molar-refractivity contribution in [2.75, 3.05) is 16.8 Å². The second kappa shape index (κ2) is 10.1. The van der Waals surface area contributed by atoms with Crippen LogP contribution in [0.1, 0.15) is 27.6 Å². The van der Waals surface area contributed by atoms with Crippen LogP contribution in [-0.4, -0.2) is 23.5 Å². The predicted molar refractivity (Wildman–Crippen MR) is 128 cm³/mol. The van der Waals surface area contributed by atoms with E-state index in [4.69, 9.17) is 12.2 Å². The number of nitrogens with one attached hydrogen (secondary N) is 2. The molecule has 30 heavy (non-hydrogen) atoms. The van der Waals surface area contributed by atoms with Gasteiger partial charge in [0.05, 0.1) is 0 Å². The molecular weight excluding hydrogens is 462 g/mol. The van der Waals surface area contributed by atoms with Gasteiger partial charge in [-0.25, -0.2) is 0 Å². The van der Waals surface area contributed by atoms with Crippen molar-refractivity contribution in [3.8, 4) is 0 Å². The van der Waals surface area contributed by atoms with Crippen molar-refractivity contribution in [3.63, 3.8) is 0 Å². The maximum Gasteiger partial charge on any atom is 0.258 e. The predicted octanol–water partition coefficient (Wildman–Crippen LogP) is 5.24. The fraction of sp³-hybridized carbons (Fsp3) is 0.0870. The van der Waals surface area contributed by atoms with Crippen LogP contribution in [0.3, 0.4) is 0 Å². The number of amides is 2. The van der Waals surface area contributed by atoms with E-state index in [0.29, 0.717) is 23.4 Å². The molecule has 0 bridgehead atoms. The van der Waals surface area contributed by atoms with E-state index in [1.807, 2.05) is 43.3 Å². The Hall–Kier alpha value is -3.03. The third-order valence-electron chi connectivity index (χ3n) is 4.33. The Morgan fingerprint density at radius 1 is 0.933 bits per heavy atom. The second-order valence-corrected chi connectivity index (χ2v) is 7.70. The Morgan fingerprint density at radius 2 is 1.63 bits per heavy atom. The molecule has 0 aliphatic rings. The number of anilines is 2. The van der Waals surface area contributed by atoms with Crippen LogP contribution in [0, 0.1) is 0 Å². The fourth-order valence-corrected chi connectivity index (χ4v) is 3.48. The molecule has 3 aromatic rings. The van der Waals surface area contributed by atoms with Crippen molar-refractivity contribution in [1.82, 2.24) is 5.32 Å². The zero-order valence-corrected chi connectivity index (χ0v) is 18.7. The molecule has 0 aliphatic carbocycles. The fourth-order valence-electron chi connectivity index (χ4n) is 2.87. The number of halogens is 1. The summed E-state index contributed by atoms with van der Waals surface area (Å²) in [6.07, 6.45) is 0. The molecule has 0 fully saturated rings. The van der Waals surface area contributed by atoms with E-state index in [2.05, 4.69) is 26.6 Å². The Morgan fingerprint density at radius 3 is 2.27 bits per heavy atom. The molecule has 0 spiro atoms. The highest BCUT2D eigenvalue weighted by molar-refractivity contribution is 9.10. The number of hydrogen-bond donors (Lipinski definition) is 2. The summed E-state index contributed by atoms with van der Waals surface area (Å²) < 4.78 is 0.811. The van der Waals surface area contributed by atoms with E-state index >= 15 is 0 Å². The lowest BCUT2D eigenvalue weighted by Gasteiger charge is -2.21. The van der Waals surface area contributed by atoms with Gasteiger partial charge in [0.2, 0.25) is 0 Å². The number of thiocarbonyl (C=S) groups is 1. The number of rotatable bonds is 5. The van der Waals surface area contributed by atoms with E-state index in [1.54, 1.807) is 47.4 Å². The molecule has 0 heterocycles. The van der Waals surface area contributed by atoms with Crippen molar-refractivity contribution >= 4 is 56.4 Å². The van der Waals surface area contributed by atoms with E-state index < -0.39 is 0 Å². The van der Waals surface area contributed by atoms with Crippen molar-refractivity contribution in [3.05, 3.63) is 94.5 Å². The summed E-state index contributed by atoms with van der Waals surface area (Å²) in [5.41, 5.74) is 2.59. The first-order valence-corrected chi connectivity index (χ1v) is 10.5. The SMILES string of the molecule is CCN(C(=O)c1ccc(NC(=S)NC(=O)c2cccc(Br)c2)cc1)c1ccccc1. The summed E-state index contributed by atoms with van der Waals surface area (Å²) >= 11 is 8.56. The summed E-state index contributed by atoms with van der Waals surface area (Å²) in [4.78, 5) is 26.8. The number of hydrogen-bond acceptors (Lipinski definition) is 3. The molecule has 152 valence electrons. The molecule has 2 amide bonds. The topological polar surface area (TPSA) is 61.4 Å². The lowest BCUT2D eigenvalue weighted by Crippen LogP contribution is -2.34. The molecule has 0 saturated heterocycles. The summed E-state index contributed by atoms with van der Waals surface area (Å²) in [6.45, 7) is 2.50.